The van der Waals surface area contributed by atoms with Crippen molar-refractivity contribution in [3.8, 4) is 11.5 Å². The van der Waals surface area contributed by atoms with E-state index in [9.17, 15) is 4.79 Å². The summed E-state index contributed by atoms with van der Waals surface area (Å²) in [6.07, 6.45) is 3.14. The second-order valence-corrected chi connectivity index (χ2v) is 4.88. The molecule has 2 aromatic rings. The van der Waals surface area contributed by atoms with Crippen molar-refractivity contribution in [2.75, 3.05) is 19.5 Å². The van der Waals surface area contributed by atoms with E-state index < -0.39 is 0 Å². The van der Waals surface area contributed by atoms with Crippen molar-refractivity contribution in [2.45, 2.75) is 0 Å². The van der Waals surface area contributed by atoms with Gasteiger partial charge in [0, 0.05) is 11.1 Å². The van der Waals surface area contributed by atoms with Gasteiger partial charge in [-0.15, -0.1) is 0 Å². The van der Waals surface area contributed by atoms with Crippen LogP contribution in [-0.4, -0.2) is 20.1 Å². The summed E-state index contributed by atoms with van der Waals surface area (Å²) in [6, 6.07) is 12.4. The monoisotopic (exact) mass is 317 g/mol. The summed E-state index contributed by atoms with van der Waals surface area (Å²) < 4.78 is 10.3. The summed E-state index contributed by atoms with van der Waals surface area (Å²) >= 11 is 5.92. The number of nitrogens with one attached hydrogen (secondary N) is 1. The van der Waals surface area contributed by atoms with Crippen molar-refractivity contribution in [1.82, 2.24) is 0 Å². The molecule has 0 heterocycles. The van der Waals surface area contributed by atoms with Gasteiger partial charge in [-0.1, -0.05) is 23.7 Å². The van der Waals surface area contributed by atoms with Crippen molar-refractivity contribution in [3.63, 3.8) is 0 Å². The molecule has 0 aliphatic rings. The maximum absolute atomic E-state index is 12.0. The summed E-state index contributed by atoms with van der Waals surface area (Å²) in [5.74, 6) is 1.01. The van der Waals surface area contributed by atoms with Crippen LogP contribution in [0.15, 0.2) is 48.5 Å². The minimum Gasteiger partial charge on any atom is -0.497 e. The third kappa shape index (κ3) is 4.27. The van der Waals surface area contributed by atoms with Crippen LogP contribution in [0, 0.1) is 0 Å². The lowest BCUT2D eigenvalue weighted by molar-refractivity contribution is -0.111. The highest BCUT2D eigenvalue weighted by Gasteiger charge is 2.06. The second-order valence-electron chi connectivity index (χ2n) is 4.44. The molecular weight excluding hydrogens is 302 g/mol. The van der Waals surface area contributed by atoms with Crippen molar-refractivity contribution in [2.24, 2.45) is 0 Å². The van der Waals surface area contributed by atoms with Crippen LogP contribution >= 0.6 is 11.6 Å². The molecule has 2 aromatic carbocycles. The second kappa shape index (κ2) is 7.52. The summed E-state index contributed by atoms with van der Waals surface area (Å²) in [6.45, 7) is 0. The molecular formula is C17H16ClNO3. The van der Waals surface area contributed by atoms with Crippen LogP contribution < -0.4 is 14.8 Å². The Kier molecular flexibility index (Phi) is 5.44. The molecule has 5 heteroatoms. The molecule has 1 amide bonds. The van der Waals surface area contributed by atoms with E-state index in [1.165, 1.54) is 13.2 Å². The Morgan fingerprint density at radius 2 is 1.95 bits per heavy atom. The predicted octanol–water partition coefficient (Wildman–Crippen LogP) is 4.01. The van der Waals surface area contributed by atoms with E-state index in [0.29, 0.717) is 16.5 Å². The van der Waals surface area contributed by atoms with Crippen molar-refractivity contribution >= 4 is 29.3 Å². The number of methoxy groups -OCH3 is 2. The lowest BCUT2D eigenvalue weighted by Crippen LogP contribution is -2.08. The van der Waals surface area contributed by atoms with Crippen LogP contribution in [-0.2, 0) is 4.79 Å². The highest BCUT2D eigenvalue weighted by Crippen LogP contribution is 2.27. The number of carbonyl (C=O) groups is 1. The maximum Gasteiger partial charge on any atom is 0.248 e. The molecule has 2 rings (SSSR count). The first-order chi connectivity index (χ1) is 10.6. The van der Waals surface area contributed by atoms with Gasteiger partial charge in [-0.25, -0.2) is 0 Å². The zero-order valence-electron chi connectivity index (χ0n) is 12.3. The summed E-state index contributed by atoms with van der Waals surface area (Å²) in [4.78, 5) is 12.0. The highest BCUT2D eigenvalue weighted by molar-refractivity contribution is 6.31. The Morgan fingerprint density at radius 3 is 2.68 bits per heavy atom. The minimum atomic E-state index is -0.275. The molecule has 1 N–H and O–H groups in total. The van der Waals surface area contributed by atoms with E-state index in [2.05, 4.69) is 5.32 Å². The fourth-order valence-electron chi connectivity index (χ4n) is 1.87. The molecule has 0 aliphatic carbocycles. The molecule has 0 fully saturated rings. The molecule has 0 aliphatic heterocycles. The van der Waals surface area contributed by atoms with Gasteiger partial charge in [0.05, 0.1) is 19.9 Å². The van der Waals surface area contributed by atoms with Gasteiger partial charge in [-0.05, 0) is 42.0 Å². The van der Waals surface area contributed by atoms with Gasteiger partial charge in [0.2, 0.25) is 5.91 Å². The van der Waals surface area contributed by atoms with Crippen LogP contribution in [0.3, 0.4) is 0 Å². The molecule has 22 heavy (non-hydrogen) atoms. The average molecular weight is 318 g/mol. The fourth-order valence-corrected chi connectivity index (χ4v) is 2.04. The zero-order chi connectivity index (χ0) is 15.9. The Hall–Kier alpha value is -2.46. The molecule has 0 bridgehead atoms. The van der Waals surface area contributed by atoms with E-state index in [1.807, 2.05) is 24.3 Å². The normalized spacial score (nSPS) is 10.5. The maximum atomic E-state index is 12.0. The van der Waals surface area contributed by atoms with Crippen LogP contribution in [0.4, 0.5) is 5.69 Å². The predicted molar refractivity (Wildman–Crippen MR) is 88.7 cm³/mol. The molecule has 0 unspecified atom stereocenters. The van der Waals surface area contributed by atoms with Gasteiger partial charge in [-0.2, -0.15) is 0 Å². The van der Waals surface area contributed by atoms with E-state index in [-0.39, 0.29) is 5.91 Å². The zero-order valence-corrected chi connectivity index (χ0v) is 13.1. The summed E-state index contributed by atoms with van der Waals surface area (Å²) in [7, 11) is 3.13. The highest BCUT2D eigenvalue weighted by atomic mass is 35.5. The lowest BCUT2D eigenvalue weighted by Gasteiger charge is -2.09. The number of halogens is 1. The minimum absolute atomic E-state index is 0.275. The quantitative estimate of drug-likeness (QED) is 0.848. The molecule has 0 saturated heterocycles. The third-order valence-corrected chi connectivity index (χ3v) is 3.18. The molecule has 0 aromatic heterocycles. The van der Waals surface area contributed by atoms with E-state index >= 15 is 0 Å². The standard InChI is InChI=1S/C17H16ClNO3/c1-21-14-5-3-4-12(10-14)6-9-17(20)19-15-11-13(18)7-8-16(15)22-2/h3-11H,1-2H3,(H,19,20). The van der Waals surface area contributed by atoms with Crippen molar-refractivity contribution < 1.29 is 14.3 Å². The van der Waals surface area contributed by atoms with Crippen molar-refractivity contribution in [1.29, 1.82) is 0 Å². The van der Waals surface area contributed by atoms with Gasteiger partial charge < -0.3 is 14.8 Å². The van der Waals surface area contributed by atoms with Crippen LogP contribution in [0.25, 0.3) is 6.08 Å². The van der Waals surface area contributed by atoms with E-state index in [4.69, 9.17) is 21.1 Å². The lowest BCUT2D eigenvalue weighted by atomic mass is 10.2. The number of benzene rings is 2. The molecule has 0 saturated carbocycles. The van der Waals surface area contributed by atoms with Gasteiger partial charge in [0.15, 0.2) is 0 Å². The molecule has 0 radical (unpaired) electrons. The Morgan fingerprint density at radius 1 is 1.14 bits per heavy atom. The number of carbonyl (C=O) groups excluding carboxylic acids is 1. The summed E-state index contributed by atoms with van der Waals surface area (Å²) in [5, 5.41) is 3.26. The number of anilines is 1. The van der Waals surface area contributed by atoms with Gasteiger partial charge in [0.1, 0.15) is 11.5 Å². The number of amides is 1. The first-order valence-electron chi connectivity index (χ1n) is 6.59. The molecule has 114 valence electrons. The average Bonchev–Trinajstić information content (AvgIpc) is 2.53. The number of ether oxygens (including phenoxy) is 2. The Balaban J connectivity index is 2.09. The van der Waals surface area contributed by atoms with Gasteiger partial charge in [-0.3, -0.25) is 4.79 Å². The van der Waals surface area contributed by atoms with Gasteiger partial charge in [0.25, 0.3) is 0 Å². The van der Waals surface area contributed by atoms with Crippen LogP contribution in [0.2, 0.25) is 5.02 Å². The first-order valence-corrected chi connectivity index (χ1v) is 6.97. The number of rotatable bonds is 5. The molecule has 0 atom stereocenters. The first kappa shape index (κ1) is 15.9. The van der Waals surface area contributed by atoms with E-state index in [1.54, 1.807) is 31.4 Å². The smallest absolute Gasteiger partial charge is 0.248 e. The fraction of sp³-hybridized carbons (Fsp3) is 0.118. The third-order valence-electron chi connectivity index (χ3n) is 2.94. The molecule has 4 nitrogen and oxygen atoms in total. The van der Waals surface area contributed by atoms with Crippen LogP contribution in [0.5, 0.6) is 11.5 Å². The van der Waals surface area contributed by atoms with Crippen molar-refractivity contribution in [3.05, 3.63) is 59.1 Å². The summed E-state index contributed by atoms with van der Waals surface area (Å²) in [5.41, 5.74) is 1.39. The SMILES string of the molecule is COc1cccc(C=CC(=O)Nc2cc(Cl)ccc2OC)c1. The topological polar surface area (TPSA) is 47.6 Å². The van der Waals surface area contributed by atoms with E-state index in [0.717, 1.165) is 11.3 Å². The van der Waals surface area contributed by atoms with Gasteiger partial charge >= 0.3 is 0 Å². The molecule has 0 spiro atoms. The number of hydrogen-bond acceptors (Lipinski definition) is 3. The number of hydrogen-bond donors (Lipinski definition) is 1. The van der Waals surface area contributed by atoms with Crippen LogP contribution in [0.1, 0.15) is 5.56 Å². The largest absolute Gasteiger partial charge is 0.497 e. The Bertz CT molecular complexity index is 698. The Labute approximate surface area is 134 Å².